The fraction of sp³-hybridized carbons (Fsp3) is 0.259. The number of benzene rings is 2. The van der Waals surface area contributed by atoms with Gasteiger partial charge in [0.25, 0.3) is 0 Å². The van der Waals surface area contributed by atoms with Crippen LogP contribution in [0.3, 0.4) is 0 Å². The summed E-state index contributed by atoms with van der Waals surface area (Å²) < 4.78 is 27.5. The average Bonchev–Trinajstić information content (AvgIpc) is 2.85. The van der Waals surface area contributed by atoms with Crippen LogP contribution >= 0.6 is 11.6 Å². The van der Waals surface area contributed by atoms with Crippen LogP contribution in [0.1, 0.15) is 36.0 Å². The Kier molecular flexibility index (Phi) is 9.60. The molecular formula is C27H30ClN3O3S. The van der Waals surface area contributed by atoms with Crippen LogP contribution in [0.25, 0.3) is 5.57 Å². The summed E-state index contributed by atoms with van der Waals surface area (Å²) in [5.41, 5.74) is 4.14. The van der Waals surface area contributed by atoms with Gasteiger partial charge in [0.15, 0.2) is 0 Å². The van der Waals surface area contributed by atoms with Gasteiger partial charge in [0.1, 0.15) is 0 Å². The minimum atomic E-state index is -3.58. The maximum absolute atomic E-state index is 12.4. The average molecular weight is 512 g/mol. The summed E-state index contributed by atoms with van der Waals surface area (Å²) in [5, 5.41) is 0.491. The van der Waals surface area contributed by atoms with E-state index in [1.54, 1.807) is 37.3 Å². The second-order valence-corrected chi connectivity index (χ2v) is 10.5. The summed E-state index contributed by atoms with van der Waals surface area (Å²) in [6, 6.07) is 18.1. The van der Waals surface area contributed by atoms with E-state index in [2.05, 4.69) is 15.8 Å². The topological polar surface area (TPSA) is 79.4 Å². The van der Waals surface area contributed by atoms with Crippen LogP contribution in [-0.2, 0) is 21.2 Å². The lowest BCUT2D eigenvalue weighted by Crippen LogP contribution is -2.25. The van der Waals surface area contributed by atoms with Gasteiger partial charge in [-0.25, -0.2) is 13.1 Å². The highest BCUT2D eigenvalue weighted by Crippen LogP contribution is 2.24. The molecule has 0 atom stereocenters. The maximum atomic E-state index is 12.4. The number of allylic oxidation sites excluding steroid dienone is 1. The number of hydrogen-bond donors (Lipinski definition) is 1. The first kappa shape index (κ1) is 26.6. The molecule has 3 rings (SSSR count). The third-order valence-electron chi connectivity index (χ3n) is 5.51. The number of hydrogen-bond acceptors (Lipinski definition) is 4. The third kappa shape index (κ3) is 8.02. The van der Waals surface area contributed by atoms with Crippen LogP contribution in [0.4, 0.5) is 0 Å². The minimum absolute atomic E-state index is 0.123. The predicted molar refractivity (Wildman–Crippen MR) is 141 cm³/mol. The Morgan fingerprint density at radius 1 is 1.03 bits per heavy atom. The van der Waals surface area contributed by atoms with Crippen molar-refractivity contribution < 1.29 is 13.2 Å². The molecule has 0 unspecified atom stereocenters. The summed E-state index contributed by atoms with van der Waals surface area (Å²) in [4.78, 5) is 17.9. The van der Waals surface area contributed by atoms with E-state index < -0.39 is 10.0 Å². The van der Waals surface area contributed by atoms with Crippen molar-refractivity contribution in [3.63, 3.8) is 0 Å². The van der Waals surface area contributed by atoms with Crippen molar-refractivity contribution in [2.45, 2.75) is 30.6 Å². The predicted octanol–water partition coefficient (Wildman–Crippen LogP) is 4.95. The van der Waals surface area contributed by atoms with Crippen LogP contribution in [-0.4, -0.2) is 44.8 Å². The van der Waals surface area contributed by atoms with Gasteiger partial charge in [-0.15, -0.1) is 0 Å². The van der Waals surface area contributed by atoms with Crippen molar-refractivity contribution >= 4 is 33.1 Å². The normalized spacial score (nSPS) is 11.9. The summed E-state index contributed by atoms with van der Waals surface area (Å²) in [6.07, 6.45) is 8.33. The Bertz CT molecular complexity index is 1240. The van der Waals surface area contributed by atoms with Crippen molar-refractivity contribution in [2.75, 3.05) is 20.6 Å². The number of aromatic nitrogens is 1. The number of pyridine rings is 1. The van der Waals surface area contributed by atoms with E-state index in [1.807, 2.05) is 42.6 Å². The van der Waals surface area contributed by atoms with E-state index in [4.69, 9.17) is 11.6 Å². The molecule has 8 heteroatoms. The fourth-order valence-electron chi connectivity index (χ4n) is 3.53. The number of carbonyl (C=O) groups excluding carboxylic acids is 1. The van der Waals surface area contributed by atoms with Gasteiger partial charge in [0.2, 0.25) is 15.9 Å². The number of amides is 1. The molecule has 1 heterocycles. The maximum Gasteiger partial charge on any atom is 0.240 e. The first-order chi connectivity index (χ1) is 16.8. The highest BCUT2D eigenvalue weighted by molar-refractivity contribution is 7.89. The number of sulfonamides is 1. The van der Waals surface area contributed by atoms with Gasteiger partial charge in [-0.1, -0.05) is 48.0 Å². The molecule has 0 fully saturated rings. The molecule has 0 aliphatic heterocycles. The van der Waals surface area contributed by atoms with Crippen LogP contribution in [0, 0.1) is 0 Å². The van der Waals surface area contributed by atoms with Gasteiger partial charge >= 0.3 is 0 Å². The van der Waals surface area contributed by atoms with Crippen LogP contribution in [0.2, 0.25) is 5.02 Å². The molecule has 0 aliphatic carbocycles. The molecule has 3 aromatic rings. The Hall–Kier alpha value is -3.00. The van der Waals surface area contributed by atoms with Gasteiger partial charge < -0.3 is 4.90 Å². The molecule has 6 nitrogen and oxygen atoms in total. The summed E-state index contributed by atoms with van der Waals surface area (Å²) in [7, 11) is -0.0464. The quantitative estimate of drug-likeness (QED) is 0.369. The minimum Gasteiger partial charge on any atom is -0.349 e. The number of nitrogens with one attached hydrogen (secondary N) is 1. The molecule has 1 aromatic heterocycles. The summed E-state index contributed by atoms with van der Waals surface area (Å²) in [6.45, 7) is 0.287. The third-order valence-corrected chi connectivity index (χ3v) is 7.24. The standard InChI is InChI=1S/C27H30ClN3O3S/c1-31(2)27(32)8-4-3-7-26(23-6-5-18-29-20-23)22-11-9-21(10-12-22)17-19-30-35(33,34)25-15-13-24(28)14-16-25/h5-7,9-16,18,20,30H,3-4,8,17,19H2,1-2H3/b26-7+. The monoisotopic (exact) mass is 511 g/mol. The molecule has 0 saturated heterocycles. The molecule has 184 valence electrons. The van der Waals surface area contributed by atoms with Crippen molar-refractivity contribution in [2.24, 2.45) is 0 Å². The zero-order valence-electron chi connectivity index (χ0n) is 19.9. The van der Waals surface area contributed by atoms with Crippen LogP contribution in [0.15, 0.2) is 84.0 Å². The van der Waals surface area contributed by atoms with E-state index >= 15 is 0 Å². The van der Waals surface area contributed by atoms with E-state index in [0.717, 1.165) is 35.1 Å². The largest absolute Gasteiger partial charge is 0.349 e. The molecule has 0 saturated carbocycles. The number of halogens is 1. The lowest BCUT2D eigenvalue weighted by Gasteiger charge is -2.11. The van der Waals surface area contributed by atoms with Gasteiger partial charge in [-0.3, -0.25) is 9.78 Å². The Balaban J connectivity index is 1.65. The Labute approximate surface area is 212 Å². The number of rotatable bonds is 11. The highest BCUT2D eigenvalue weighted by Gasteiger charge is 2.13. The number of carbonyl (C=O) groups is 1. The van der Waals surface area contributed by atoms with Crippen molar-refractivity contribution in [3.05, 3.63) is 101 Å². The first-order valence-electron chi connectivity index (χ1n) is 11.4. The van der Waals surface area contributed by atoms with E-state index in [1.165, 1.54) is 12.1 Å². The SMILES string of the molecule is CN(C)C(=O)CCC/C=C(\c1ccc(CCNS(=O)(=O)c2ccc(Cl)cc2)cc1)c1cccnc1. The van der Waals surface area contributed by atoms with Crippen LogP contribution in [0.5, 0.6) is 0 Å². The van der Waals surface area contributed by atoms with Gasteiger partial charge in [0.05, 0.1) is 4.90 Å². The second-order valence-electron chi connectivity index (χ2n) is 8.34. The van der Waals surface area contributed by atoms with Crippen molar-refractivity contribution in [1.29, 1.82) is 0 Å². The second kappa shape index (κ2) is 12.6. The lowest BCUT2D eigenvalue weighted by molar-refractivity contribution is -0.128. The van der Waals surface area contributed by atoms with E-state index in [-0.39, 0.29) is 17.3 Å². The molecule has 1 amide bonds. The molecule has 0 radical (unpaired) electrons. The highest BCUT2D eigenvalue weighted by atomic mass is 35.5. The van der Waals surface area contributed by atoms with Gasteiger partial charge in [0, 0.05) is 50.0 Å². The molecule has 0 bridgehead atoms. The molecule has 35 heavy (non-hydrogen) atoms. The number of nitrogens with zero attached hydrogens (tertiary/aromatic N) is 2. The first-order valence-corrected chi connectivity index (χ1v) is 13.3. The zero-order valence-corrected chi connectivity index (χ0v) is 21.5. The summed E-state index contributed by atoms with van der Waals surface area (Å²) in [5.74, 6) is 0.123. The molecule has 0 spiro atoms. The van der Waals surface area contributed by atoms with Crippen LogP contribution < -0.4 is 4.72 Å². The summed E-state index contributed by atoms with van der Waals surface area (Å²) >= 11 is 5.84. The van der Waals surface area contributed by atoms with E-state index in [0.29, 0.717) is 17.9 Å². The Morgan fingerprint density at radius 3 is 2.37 bits per heavy atom. The molecular weight excluding hydrogens is 482 g/mol. The van der Waals surface area contributed by atoms with Crippen molar-refractivity contribution in [1.82, 2.24) is 14.6 Å². The smallest absolute Gasteiger partial charge is 0.240 e. The molecule has 1 N–H and O–H groups in total. The zero-order chi connectivity index (χ0) is 25.3. The van der Waals surface area contributed by atoms with E-state index in [9.17, 15) is 13.2 Å². The van der Waals surface area contributed by atoms with Gasteiger partial charge in [-0.2, -0.15) is 0 Å². The van der Waals surface area contributed by atoms with Gasteiger partial charge in [-0.05, 0) is 66.3 Å². The van der Waals surface area contributed by atoms with Crippen molar-refractivity contribution in [3.8, 4) is 0 Å². The molecule has 2 aromatic carbocycles. The number of unbranched alkanes of at least 4 members (excludes halogenated alkanes) is 1. The lowest BCUT2D eigenvalue weighted by atomic mass is 9.96. The fourth-order valence-corrected chi connectivity index (χ4v) is 4.68. The Morgan fingerprint density at radius 2 is 1.74 bits per heavy atom. The molecule has 0 aliphatic rings.